The lowest BCUT2D eigenvalue weighted by Gasteiger charge is -2.04. The van der Waals surface area contributed by atoms with E-state index >= 15 is 0 Å². The molecule has 0 fully saturated rings. The first-order valence-corrected chi connectivity index (χ1v) is 4.00. The summed E-state index contributed by atoms with van der Waals surface area (Å²) in [5.74, 6) is -0.0694. The maximum atomic E-state index is 11.1. The van der Waals surface area contributed by atoms with Gasteiger partial charge in [-0.1, -0.05) is 18.2 Å². The lowest BCUT2D eigenvalue weighted by molar-refractivity contribution is 0.101. The largest absolute Gasteiger partial charge is 0.488 e. The zero-order valence-corrected chi connectivity index (χ0v) is 7.61. The van der Waals surface area contributed by atoms with Crippen LogP contribution in [0.15, 0.2) is 18.2 Å². The third-order valence-corrected chi connectivity index (χ3v) is 1.94. The first kappa shape index (κ1) is 9.96. The van der Waals surface area contributed by atoms with Crippen LogP contribution in [0, 0.1) is 6.92 Å². The molecule has 4 heteroatoms. The Morgan fingerprint density at radius 3 is 2.46 bits per heavy atom. The molecule has 13 heavy (non-hydrogen) atoms. The van der Waals surface area contributed by atoms with Crippen LogP contribution in [-0.2, 0) is 0 Å². The standard InChI is InChI=1S/C9H11BO3/c1-6-3-4-8(10(12)13)5-9(6)7(2)11/h3-5,12-13H,1-2H3. The number of hydrogen-bond donors (Lipinski definition) is 2. The van der Waals surface area contributed by atoms with Crippen LogP contribution in [0.3, 0.4) is 0 Å². The molecule has 0 atom stereocenters. The van der Waals surface area contributed by atoms with Crippen molar-refractivity contribution in [1.29, 1.82) is 0 Å². The molecule has 0 spiro atoms. The highest BCUT2D eigenvalue weighted by molar-refractivity contribution is 6.58. The molecule has 1 rings (SSSR count). The van der Waals surface area contributed by atoms with Crippen molar-refractivity contribution >= 4 is 18.4 Å². The number of aryl methyl sites for hydroxylation is 1. The fourth-order valence-electron chi connectivity index (χ4n) is 1.18. The Hall–Kier alpha value is -1.13. The molecule has 0 unspecified atom stereocenters. The van der Waals surface area contributed by atoms with E-state index in [0.29, 0.717) is 11.0 Å². The quantitative estimate of drug-likeness (QED) is 0.490. The Morgan fingerprint density at radius 2 is 2.00 bits per heavy atom. The SMILES string of the molecule is CC(=O)c1cc(B(O)O)ccc1C. The van der Waals surface area contributed by atoms with Gasteiger partial charge in [-0.25, -0.2) is 0 Å². The highest BCUT2D eigenvalue weighted by Gasteiger charge is 2.13. The summed E-state index contributed by atoms with van der Waals surface area (Å²) in [7, 11) is -1.52. The van der Waals surface area contributed by atoms with E-state index in [0.717, 1.165) is 5.56 Å². The highest BCUT2D eigenvalue weighted by Crippen LogP contribution is 2.06. The summed E-state index contributed by atoms with van der Waals surface area (Å²) in [6.45, 7) is 3.26. The van der Waals surface area contributed by atoms with Crippen molar-refractivity contribution in [2.75, 3.05) is 0 Å². The summed E-state index contributed by atoms with van der Waals surface area (Å²) < 4.78 is 0. The molecule has 0 aliphatic heterocycles. The van der Waals surface area contributed by atoms with Crippen LogP contribution in [-0.4, -0.2) is 22.9 Å². The second-order valence-electron chi connectivity index (χ2n) is 3.00. The summed E-state index contributed by atoms with van der Waals surface area (Å²) >= 11 is 0. The average Bonchev–Trinajstić information content (AvgIpc) is 2.04. The van der Waals surface area contributed by atoms with Crippen LogP contribution in [0.4, 0.5) is 0 Å². The molecule has 0 heterocycles. The van der Waals surface area contributed by atoms with Gasteiger partial charge in [0.15, 0.2) is 5.78 Å². The minimum absolute atomic E-state index is 0.0694. The van der Waals surface area contributed by atoms with E-state index in [9.17, 15) is 4.79 Å². The molecular weight excluding hydrogens is 167 g/mol. The molecule has 0 bridgehead atoms. The number of ketones is 1. The van der Waals surface area contributed by atoms with Crippen molar-refractivity contribution in [3.8, 4) is 0 Å². The van der Waals surface area contributed by atoms with Crippen molar-refractivity contribution < 1.29 is 14.8 Å². The molecule has 68 valence electrons. The number of benzene rings is 1. The van der Waals surface area contributed by atoms with Gasteiger partial charge in [-0.2, -0.15) is 0 Å². The smallest absolute Gasteiger partial charge is 0.423 e. The molecule has 0 aliphatic carbocycles. The molecule has 1 aromatic rings. The molecule has 0 aliphatic rings. The number of rotatable bonds is 2. The van der Waals surface area contributed by atoms with Gasteiger partial charge in [-0.15, -0.1) is 0 Å². The number of carbonyl (C=O) groups excluding carboxylic acids is 1. The van der Waals surface area contributed by atoms with E-state index in [1.165, 1.54) is 13.0 Å². The van der Waals surface area contributed by atoms with Crippen molar-refractivity contribution in [2.24, 2.45) is 0 Å². The van der Waals surface area contributed by atoms with Gasteiger partial charge >= 0.3 is 7.12 Å². The average molecular weight is 178 g/mol. The fraction of sp³-hybridized carbons (Fsp3) is 0.222. The second kappa shape index (κ2) is 3.72. The van der Waals surface area contributed by atoms with Crippen LogP contribution in [0.1, 0.15) is 22.8 Å². The van der Waals surface area contributed by atoms with Gasteiger partial charge in [-0.05, 0) is 24.9 Å². The maximum absolute atomic E-state index is 11.1. The van der Waals surface area contributed by atoms with Crippen LogP contribution >= 0.6 is 0 Å². The van der Waals surface area contributed by atoms with E-state index in [1.54, 1.807) is 12.1 Å². The number of carbonyl (C=O) groups is 1. The van der Waals surface area contributed by atoms with Crippen LogP contribution < -0.4 is 5.46 Å². The lowest BCUT2D eigenvalue weighted by atomic mass is 9.78. The first-order chi connectivity index (χ1) is 6.02. The van der Waals surface area contributed by atoms with Crippen molar-refractivity contribution in [2.45, 2.75) is 13.8 Å². The topological polar surface area (TPSA) is 57.5 Å². The summed E-state index contributed by atoms with van der Waals surface area (Å²) in [5, 5.41) is 17.7. The molecular formula is C9H11BO3. The molecule has 3 nitrogen and oxygen atoms in total. The Morgan fingerprint density at radius 1 is 1.38 bits per heavy atom. The van der Waals surface area contributed by atoms with Gasteiger partial charge in [0, 0.05) is 5.56 Å². The van der Waals surface area contributed by atoms with Crippen molar-refractivity contribution in [1.82, 2.24) is 0 Å². The molecule has 0 saturated carbocycles. The van der Waals surface area contributed by atoms with Gasteiger partial charge in [0.1, 0.15) is 0 Å². The van der Waals surface area contributed by atoms with Gasteiger partial charge in [0.25, 0.3) is 0 Å². The van der Waals surface area contributed by atoms with Crippen molar-refractivity contribution in [3.63, 3.8) is 0 Å². The van der Waals surface area contributed by atoms with E-state index < -0.39 is 7.12 Å². The van der Waals surface area contributed by atoms with Crippen LogP contribution in [0.2, 0.25) is 0 Å². The second-order valence-corrected chi connectivity index (χ2v) is 3.00. The summed E-state index contributed by atoms with van der Waals surface area (Å²) in [6, 6.07) is 4.79. The zero-order chi connectivity index (χ0) is 10.0. The number of hydrogen-bond acceptors (Lipinski definition) is 3. The van der Waals surface area contributed by atoms with E-state index in [-0.39, 0.29) is 5.78 Å². The van der Waals surface area contributed by atoms with Crippen molar-refractivity contribution in [3.05, 3.63) is 29.3 Å². The molecule has 0 aromatic heterocycles. The third kappa shape index (κ3) is 2.17. The molecule has 0 amide bonds. The Kier molecular flexibility index (Phi) is 2.85. The fourth-order valence-corrected chi connectivity index (χ4v) is 1.18. The van der Waals surface area contributed by atoms with E-state index in [4.69, 9.17) is 10.0 Å². The monoisotopic (exact) mass is 178 g/mol. The predicted octanol–water partition coefficient (Wildman–Crippen LogP) is -0.123. The molecule has 2 N–H and O–H groups in total. The minimum atomic E-state index is -1.52. The number of Topliss-reactive ketones (excluding diaryl/α,β-unsaturated/α-hetero) is 1. The summed E-state index contributed by atoms with van der Waals surface area (Å²) in [4.78, 5) is 11.1. The van der Waals surface area contributed by atoms with E-state index in [2.05, 4.69) is 0 Å². The summed E-state index contributed by atoms with van der Waals surface area (Å²) in [5.41, 5.74) is 1.72. The van der Waals surface area contributed by atoms with Crippen LogP contribution in [0.25, 0.3) is 0 Å². The molecule has 0 radical (unpaired) electrons. The van der Waals surface area contributed by atoms with Gasteiger partial charge in [-0.3, -0.25) is 4.79 Å². The third-order valence-electron chi connectivity index (χ3n) is 1.94. The van der Waals surface area contributed by atoms with Crippen LogP contribution in [0.5, 0.6) is 0 Å². The van der Waals surface area contributed by atoms with Gasteiger partial charge < -0.3 is 10.0 Å². The maximum Gasteiger partial charge on any atom is 0.488 e. The van der Waals surface area contributed by atoms with E-state index in [1.807, 2.05) is 6.92 Å². The Labute approximate surface area is 77.2 Å². The normalized spacial score (nSPS) is 9.85. The molecule has 0 saturated heterocycles. The predicted molar refractivity (Wildman–Crippen MR) is 51.0 cm³/mol. The molecule has 1 aromatic carbocycles. The summed E-state index contributed by atoms with van der Waals surface area (Å²) in [6.07, 6.45) is 0. The lowest BCUT2D eigenvalue weighted by Crippen LogP contribution is -2.30. The Balaban J connectivity index is 3.19. The Bertz CT molecular complexity index is 334. The van der Waals surface area contributed by atoms with Gasteiger partial charge in [0.2, 0.25) is 0 Å². The highest BCUT2D eigenvalue weighted by atomic mass is 16.4. The minimum Gasteiger partial charge on any atom is -0.423 e. The van der Waals surface area contributed by atoms with Gasteiger partial charge in [0.05, 0.1) is 0 Å². The first-order valence-electron chi connectivity index (χ1n) is 4.00. The zero-order valence-electron chi connectivity index (χ0n) is 7.61.